The van der Waals surface area contributed by atoms with Gasteiger partial charge in [0.1, 0.15) is 0 Å². The van der Waals surface area contributed by atoms with Crippen LogP contribution in [0.4, 0.5) is 0 Å². The molecule has 7 aromatic rings. The Morgan fingerprint density at radius 2 is 0.865 bits per heavy atom. The molecule has 0 fully saturated rings. The van der Waals surface area contributed by atoms with Crippen LogP contribution in [0.25, 0.3) is 65.3 Å². The minimum absolute atomic E-state index is 1.25. The van der Waals surface area contributed by atoms with Gasteiger partial charge in [0.05, 0.1) is 0 Å². The molecule has 0 unspecified atom stereocenters. The van der Waals surface area contributed by atoms with E-state index in [1.807, 2.05) is 13.8 Å². The van der Waals surface area contributed by atoms with Gasteiger partial charge in [-0.15, -0.1) is 0 Å². The SMILES string of the molecule is CC.Cc1ccc(-c2c(-c3ccc4c5ccccc5c5ccccc5c4c3)ccc3ccccc23)cc1. The number of hydrogen-bond acceptors (Lipinski definition) is 0. The molecular formula is C37H30. The summed E-state index contributed by atoms with van der Waals surface area (Å²) in [6, 6.07) is 46.8. The van der Waals surface area contributed by atoms with E-state index in [-0.39, 0.29) is 0 Å². The van der Waals surface area contributed by atoms with Gasteiger partial charge < -0.3 is 0 Å². The maximum Gasteiger partial charge on any atom is -0.00268 e. The Labute approximate surface area is 218 Å². The smallest absolute Gasteiger partial charge is 0.00268 e. The van der Waals surface area contributed by atoms with Gasteiger partial charge in [0.25, 0.3) is 0 Å². The number of aryl methyl sites for hydroxylation is 1. The lowest BCUT2D eigenvalue weighted by atomic mass is 9.87. The molecule has 0 aliphatic carbocycles. The maximum atomic E-state index is 2.39. The number of hydrogen-bond donors (Lipinski definition) is 0. The highest BCUT2D eigenvalue weighted by molar-refractivity contribution is 6.26. The molecule has 0 saturated carbocycles. The third-order valence-electron chi connectivity index (χ3n) is 7.32. The van der Waals surface area contributed by atoms with E-state index in [9.17, 15) is 0 Å². The van der Waals surface area contributed by atoms with Gasteiger partial charge in [-0.1, -0.05) is 141 Å². The van der Waals surface area contributed by atoms with Crippen molar-refractivity contribution in [3.63, 3.8) is 0 Å². The quantitative estimate of drug-likeness (QED) is 0.219. The summed E-state index contributed by atoms with van der Waals surface area (Å²) in [6.07, 6.45) is 0. The van der Waals surface area contributed by atoms with Gasteiger partial charge in [-0.25, -0.2) is 0 Å². The lowest BCUT2D eigenvalue weighted by Crippen LogP contribution is -1.90. The molecule has 0 spiro atoms. The molecule has 0 aliphatic rings. The molecule has 0 saturated heterocycles. The van der Waals surface area contributed by atoms with Crippen LogP contribution >= 0.6 is 0 Å². The summed E-state index contributed by atoms with van der Waals surface area (Å²) < 4.78 is 0. The lowest BCUT2D eigenvalue weighted by Gasteiger charge is -2.16. The zero-order valence-electron chi connectivity index (χ0n) is 21.6. The van der Waals surface area contributed by atoms with Crippen LogP contribution in [0.2, 0.25) is 0 Å². The molecule has 0 nitrogen and oxygen atoms in total. The number of fused-ring (bicyclic) bond motifs is 7. The summed E-state index contributed by atoms with van der Waals surface area (Å²) in [5.74, 6) is 0. The Morgan fingerprint density at radius 1 is 0.378 bits per heavy atom. The van der Waals surface area contributed by atoms with Gasteiger partial charge in [0.15, 0.2) is 0 Å². The minimum atomic E-state index is 1.25. The lowest BCUT2D eigenvalue weighted by molar-refractivity contribution is 1.47. The first kappa shape index (κ1) is 23.0. The highest BCUT2D eigenvalue weighted by Gasteiger charge is 2.14. The van der Waals surface area contributed by atoms with Crippen LogP contribution in [0, 0.1) is 6.92 Å². The fourth-order valence-corrected chi connectivity index (χ4v) is 5.62. The first-order valence-corrected chi connectivity index (χ1v) is 13.2. The van der Waals surface area contributed by atoms with Gasteiger partial charge in [0.2, 0.25) is 0 Å². The third kappa shape index (κ3) is 3.86. The molecule has 0 bridgehead atoms. The van der Waals surface area contributed by atoms with Crippen LogP contribution in [0.15, 0.2) is 127 Å². The molecule has 37 heavy (non-hydrogen) atoms. The van der Waals surface area contributed by atoms with Gasteiger partial charge in [-0.3, -0.25) is 0 Å². The highest BCUT2D eigenvalue weighted by Crippen LogP contribution is 2.41. The summed E-state index contributed by atoms with van der Waals surface area (Å²) in [6.45, 7) is 6.15. The normalized spacial score (nSPS) is 11.1. The van der Waals surface area contributed by atoms with Crippen LogP contribution in [-0.4, -0.2) is 0 Å². The third-order valence-corrected chi connectivity index (χ3v) is 7.32. The van der Waals surface area contributed by atoms with Gasteiger partial charge in [-0.05, 0) is 78.3 Å². The average molecular weight is 475 g/mol. The zero-order valence-corrected chi connectivity index (χ0v) is 21.6. The molecule has 0 N–H and O–H groups in total. The van der Waals surface area contributed by atoms with E-state index in [2.05, 4.69) is 134 Å². The van der Waals surface area contributed by atoms with Gasteiger partial charge in [-0.2, -0.15) is 0 Å². The van der Waals surface area contributed by atoms with E-state index in [0.717, 1.165) is 0 Å². The van der Waals surface area contributed by atoms with Crippen LogP contribution in [0.3, 0.4) is 0 Å². The highest BCUT2D eigenvalue weighted by atomic mass is 14.2. The fourth-order valence-electron chi connectivity index (χ4n) is 5.62. The topological polar surface area (TPSA) is 0 Å². The van der Waals surface area contributed by atoms with Crippen LogP contribution < -0.4 is 0 Å². The van der Waals surface area contributed by atoms with Crippen LogP contribution in [0.1, 0.15) is 19.4 Å². The summed E-state index contributed by atoms with van der Waals surface area (Å²) in [4.78, 5) is 0. The number of benzene rings is 7. The van der Waals surface area contributed by atoms with Crippen molar-refractivity contribution in [2.24, 2.45) is 0 Å². The molecule has 0 radical (unpaired) electrons. The fraction of sp³-hybridized carbons (Fsp3) is 0.0811. The molecule has 0 heteroatoms. The van der Waals surface area contributed by atoms with E-state index in [4.69, 9.17) is 0 Å². The van der Waals surface area contributed by atoms with E-state index < -0.39 is 0 Å². The molecule has 7 rings (SSSR count). The molecule has 7 aromatic carbocycles. The molecule has 0 aliphatic heterocycles. The largest absolute Gasteiger partial charge is 0.0683 e. The molecule has 178 valence electrons. The van der Waals surface area contributed by atoms with Crippen molar-refractivity contribution in [2.45, 2.75) is 20.8 Å². The van der Waals surface area contributed by atoms with Crippen molar-refractivity contribution in [3.05, 3.63) is 133 Å². The molecule has 0 amide bonds. The predicted molar refractivity (Wildman–Crippen MR) is 163 cm³/mol. The summed E-state index contributed by atoms with van der Waals surface area (Å²) in [5.41, 5.74) is 6.35. The second-order valence-corrected chi connectivity index (χ2v) is 9.43. The van der Waals surface area contributed by atoms with E-state index in [1.54, 1.807) is 0 Å². The van der Waals surface area contributed by atoms with Crippen molar-refractivity contribution in [2.75, 3.05) is 0 Å². The molecule has 0 heterocycles. The molecule has 0 aromatic heterocycles. The van der Waals surface area contributed by atoms with Crippen molar-refractivity contribution >= 4 is 43.1 Å². The number of rotatable bonds is 2. The summed E-state index contributed by atoms with van der Waals surface area (Å²) in [5, 5.41) is 10.4. The standard InChI is InChI=1S/C35H24.C2H6/c1-23-14-16-25(17-15-23)35-27-9-3-2-8-24(27)18-20-28(35)26-19-21-33-31-12-5-4-10-29(31)30-11-6-7-13-32(30)34(33)22-26;1-2/h2-22H,1H3;1-2H3. The van der Waals surface area contributed by atoms with E-state index >= 15 is 0 Å². The average Bonchev–Trinajstić information content (AvgIpc) is 2.98. The molecule has 0 atom stereocenters. The van der Waals surface area contributed by atoms with Gasteiger partial charge in [0, 0.05) is 0 Å². The Hall–Kier alpha value is -4.42. The Balaban J connectivity index is 0.00000123. The second kappa shape index (κ2) is 9.56. The van der Waals surface area contributed by atoms with Gasteiger partial charge >= 0.3 is 0 Å². The van der Waals surface area contributed by atoms with Crippen molar-refractivity contribution in [1.82, 2.24) is 0 Å². The maximum absolute atomic E-state index is 2.39. The first-order valence-electron chi connectivity index (χ1n) is 13.2. The van der Waals surface area contributed by atoms with Crippen molar-refractivity contribution in [1.29, 1.82) is 0 Å². The van der Waals surface area contributed by atoms with Crippen molar-refractivity contribution < 1.29 is 0 Å². The monoisotopic (exact) mass is 474 g/mol. The van der Waals surface area contributed by atoms with E-state index in [0.29, 0.717) is 0 Å². The summed E-state index contributed by atoms with van der Waals surface area (Å²) >= 11 is 0. The van der Waals surface area contributed by atoms with Crippen LogP contribution in [0.5, 0.6) is 0 Å². The Kier molecular flexibility index (Phi) is 5.94. The Bertz CT molecular complexity index is 1850. The van der Waals surface area contributed by atoms with Crippen LogP contribution in [-0.2, 0) is 0 Å². The summed E-state index contributed by atoms with van der Waals surface area (Å²) in [7, 11) is 0. The first-order chi connectivity index (χ1) is 18.3. The Morgan fingerprint density at radius 3 is 1.49 bits per heavy atom. The zero-order chi connectivity index (χ0) is 25.4. The minimum Gasteiger partial charge on any atom is -0.0683 e. The van der Waals surface area contributed by atoms with Crippen molar-refractivity contribution in [3.8, 4) is 22.3 Å². The second-order valence-electron chi connectivity index (χ2n) is 9.43. The molecular weight excluding hydrogens is 444 g/mol. The van der Waals surface area contributed by atoms with E-state index in [1.165, 1.54) is 70.9 Å². The predicted octanol–water partition coefficient (Wildman–Crippen LogP) is 11.0.